The van der Waals surface area contributed by atoms with E-state index in [4.69, 9.17) is 5.73 Å². The van der Waals surface area contributed by atoms with Gasteiger partial charge in [0.15, 0.2) is 5.82 Å². The van der Waals surface area contributed by atoms with E-state index in [1.807, 2.05) is 61.5 Å². The van der Waals surface area contributed by atoms with Gasteiger partial charge in [0.2, 0.25) is 0 Å². The average Bonchev–Trinajstić information content (AvgIpc) is 2.87. The smallest absolute Gasteiger partial charge is 0.251 e. The number of hydrogen-bond donors (Lipinski definition) is 2. The van der Waals surface area contributed by atoms with Gasteiger partial charge >= 0.3 is 0 Å². The Morgan fingerprint density at radius 2 is 1.85 bits per heavy atom. The molecule has 3 N–H and O–H groups in total. The van der Waals surface area contributed by atoms with Gasteiger partial charge in [-0.2, -0.15) is 5.11 Å². The first-order valence-corrected chi connectivity index (χ1v) is 10.5. The number of anilines is 1. The van der Waals surface area contributed by atoms with Gasteiger partial charge in [0.05, 0.1) is 11.9 Å². The summed E-state index contributed by atoms with van der Waals surface area (Å²) in [5.41, 5.74) is 9.48. The number of nitrogens with zero attached hydrogens (tertiary/aromatic N) is 5. The fourth-order valence-electron chi connectivity index (χ4n) is 3.17. The third-order valence-electron chi connectivity index (χ3n) is 4.92. The number of rotatable bonds is 7. The molecule has 164 valence electrons. The quantitative estimate of drug-likeness (QED) is 0.399. The summed E-state index contributed by atoms with van der Waals surface area (Å²) in [6.45, 7) is 2.29. The summed E-state index contributed by atoms with van der Waals surface area (Å²) in [6, 6.07) is 22.0. The Morgan fingerprint density at radius 3 is 2.64 bits per heavy atom. The Kier molecular flexibility index (Phi) is 6.75. The first kappa shape index (κ1) is 21.8. The van der Waals surface area contributed by atoms with Gasteiger partial charge in [0, 0.05) is 23.9 Å². The average molecular weight is 438 g/mol. The number of amides is 1. The molecule has 4 aromatic rings. The Morgan fingerprint density at radius 1 is 1.03 bits per heavy atom. The van der Waals surface area contributed by atoms with E-state index in [0.29, 0.717) is 29.3 Å². The molecule has 0 radical (unpaired) electrons. The van der Waals surface area contributed by atoms with Crippen LogP contribution in [0.5, 0.6) is 0 Å². The van der Waals surface area contributed by atoms with Crippen LogP contribution in [0.2, 0.25) is 0 Å². The second kappa shape index (κ2) is 10.2. The highest BCUT2D eigenvalue weighted by molar-refractivity contribution is 5.95. The highest BCUT2D eigenvalue weighted by Crippen LogP contribution is 2.25. The molecule has 1 amide bonds. The van der Waals surface area contributed by atoms with Gasteiger partial charge in [0.25, 0.3) is 5.91 Å². The van der Waals surface area contributed by atoms with Crippen LogP contribution in [0.4, 0.5) is 11.6 Å². The van der Waals surface area contributed by atoms with Crippen molar-refractivity contribution >= 4 is 17.5 Å². The number of aromatic nitrogens is 3. The summed E-state index contributed by atoms with van der Waals surface area (Å²) in [7, 11) is 0. The maximum Gasteiger partial charge on any atom is 0.251 e. The second-order valence-electron chi connectivity index (χ2n) is 7.35. The molecule has 0 saturated heterocycles. The maximum absolute atomic E-state index is 12.7. The van der Waals surface area contributed by atoms with Crippen molar-refractivity contribution in [3.63, 3.8) is 0 Å². The van der Waals surface area contributed by atoms with Gasteiger partial charge in [-0.1, -0.05) is 48.5 Å². The van der Waals surface area contributed by atoms with Gasteiger partial charge in [-0.15, -0.1) is 5.11 Å². The van der Waals surface area contributed by atoms with E-state index in [1.54, 1.807) is 30.6 Å². The maximum atomic E-state index is 12.7. The number of nitrogens with two attached hydrogens (primary N) is 1. The zero-order chi connectivity index (χ0) is 23.0. The van der Waals surface area contributed by atoms with E-state index in [2.05, 4.69) is 30.5 Å². The van der Waals surface area contributed by atoms with Crippen LogP contribution in [0.1, 0.15) is 34.6 Å². The van der Waals surface area contributed by atoms with Crippen LogP contribution in [0.3, 0.4) is 0 Å². The highest BCUT2D eigenvalue weighted by atomic mass is 16.1. The SMILES string of the molecule is CC(N=Nc1ccccn1)c1nc(-c2cccc(C(=O)NCc3ccccc3)c2)cnc1N. The fraction of sp³-hybridized carbons (Fsp3) is 0.120. The Hall–Kier alpha value is -4.46. The summed E-state index contributed by atoms with van der Waals surface area (Å²) in [5, 5.41) is 11.4. The summed E-state index contributed by atoms with van der Waals surface area (Å²) in [4.78, 5) is 25.7. The zero-order valence-corrected chi connectivity index (χ0v) is 18.1. The van der Waals surface area contributed by atoms with Gasteiger partial charge in [-0.05, 0) is 36.8 Å². The topological polar surface area (TPSA) is 119 Å². The molecular weight excluding hydrogens is 414 g/mol. The van der Waals surface area contributed by atoms with Crippen molar-refractivity contribution in [1.29, 1.82) is 0 Å². The lowest BCUT2D eigenvalue weighted by atomic mass is 10.1. The molecule has 0 fully saturated rings. The molecule has 33 heavy (non-hydrogen) atoms. The number of carbonyl (C=O) groups excluding carboxylic acids is 1. The first-order valence-electron chi connectivity index (χ1n) is 10.5. The van der Waals surface area contributed by atoms with Gasteiger partial charge in [-0.3, -0.25) is 4.79 Å². The van der Waals surface area contributed by atoms with Crippen molar-refractivity contribution in [2.45, 2.75) is 19.5 Å². The number of nitrogen functional groups attached to an aromatic ring is 1. The summed E-state index contributed by atoms with van der Waals surface area (Å²) >= 11 is 0. The molecule has 0 bridgehead atoms. The molecule has 0 aliphatic rings. The van der Waals surface area contributed by atoms with Crippen LogP contribution in [-0.4, -0.2) is 20.9 Å². The zero-order valence-electron chi connectivity index (χ0n) is 18.1. The van der Waals surface area contributed by atoms with Crippen molar-refractivity contribution in [1.82, 2.24) is 20.3 Å². The predicted molar refractivity (Wildman–Crippen MR) is 127 cm³/mol. The highest BCUT2D eigenvalue weighted by Gasteiger charge is 2.15. The molecule has 2 heterocycles. The van der Waals surface area contributed by atoms with Crippen molar-refractivity contribution < 1.29 is 4.79 Å². The summed E-state index contributed by atoms with van der Waals surface area (Å²) < 4.78 is 0. The van der Waals surface area contributed by atoms with E-state index in [1.165, 1.54) is 0 Å². The van der Waals surface area contributed by atoms with Crippen LogP contribution in [0, 0.1) is 0 Å². The summed E-state index contributed by atoms with van der Waals surface area (Å²) in [6.07, 6.45) is 3.24. The third-order valence-corrected chi connectivity index (χ3v) is 4.92. The van der Waals surface area contributed by atoms with E-state index in [9.17, 15) is 4.79 Å². The molecule has 2 aromatic heterocycles. The van der Waals surface area contributed by atoms with Crippen LogP contribution in [0.15, 0.2) is 95.4 Å². The molecule has 0 saturated carbocycles. The van der Waals surface area contributed by atoms with Crippen LogP contribution >= 0.6 is 0 Å². The standard InChI is InChI=1S/C25H23N7O/c1-17(31-32-22-12-5-6-13-27-22)23-24(26)28-16-21(30-23)19-10-7-11-20(14-19)25(33)29-15-18-8-3-2-4-9-18/h2-14,16-17H,15H2,1H3,(H2,26,28)(H,29,33). The molecule has 0 aliphatic carbocycles. The molecule has 8 nitrogen and oxygen atoms in total. The molecule has 0 aliphatic heterocycles. The molecular formula is C25H23N7O. The Balaban J connectivity index is 1.52. The van der Waals surface area contributed by atoms with Crippen molar-refractivity contribution in [3.8, 4) is 11.3 Å². The monoisotopic (exact) mass is 437 g/mol. The number of benzene rings is 2. The molecule has 0 spiro atoms. The molecule has 4 rings (SSSR count). The number of hydrogen-bond acceptors (Lipinski definition) is 7. The third kappa shape index (κ3) is 5.62. The van der Waals surface area contributed by atoms with Gasteiger partial charge < -0.3 is 11.1 Å². The molecule has 2 aromatic carbocycles. The second-order valence-corrected chi connectivity index (χ2v) is 7.35. The predicted octanol–water partition coefficient (Wildman–Crippen LogP) is 4.90. The Bertz CT molecular complexity index is 1260. The minimum Gasteiger partial charge on any atom is -0.382 e. The lowest BCUT2D eigenvalue weighted by molar-refractivity contribution is 0.0951. The molecule has 1 unspecified atom stereocenters. The van der Waals surface area contributed by atoms with E-state index >= 15 is 0 Å². The Labute approximate surface area is 191 Å². The van der Waals surface area contributed by atoms with E-state index in [0.717, 1.165) is 11.1 Å². The van der Waals surface area contributed by atoms with Crippen LogP contribution in [-0.2, 0) is 6.54 Å². The van der Waals surface area contributed by atoms with E-state index < -0.39 is 6.04 Å². The molecule has 1 atom stereocenters. The van der Waals surface area contributed by atoms with Crippen LogP contribution in [0.25, 0.3) is 11.3 Å². The lowest BCUT2D eigenvalue weighted by Gasteiger charge is -2.11. The van der Waals surface area contributed by atoms with E-state index in [-0.39, 0.29) is 11.7 Å². The normalized spacial score (nSPS) is 11.9. The lowest BCUT2D eigenvalue weighted by Crippen LogP contribution is -2.22. The number of azo groups is 1. The minimum absolute atomic E-state index is 0.165. The van der Waals surface area contributed by atoms with Crippen molar-refractivity contribution in [2.75, 3.05) is 5.73 Å². The molecule has 8 heteroatoms. The largest absolute Gasteiger partial charge is 0.382 e. The fourth-order valence-corrected chi connectivity index (χ4v) is 3.17. The number of carbonyl (C=O) groups is 1. The van der Waals surface area contributed by atoms with Crippen LogP contribution < -0.4 is 11.1 Å². The van der Waals surface area contributed by atoms with Gasteiger partial charge in [-0.25, -0.2) is 15.0 Å². The summed E-state index contributed by atoms with van der Waals surface area (Å²) in [5.74, 6) is 0.617. The van der Waals surface area contributed by atoms with Gasteiger partial charge in [0.1, 0.15) is 17.6 Å². The van der Waals surface area contributed by atoms with Crippen molar-refractivity contribution in [2.24, 2.45) is 10.2 Å². The minimum atomic E-state index is -0.420. The number of nitrogens with one attached hydrogen (secondary N) is 1. The number of pyridine rings is 1. The first-order chi connectivity index (χ1) is 16.1. The van der Waals surface area contributed by atoms with Crippen molar-refractivity contribution in [3.05, 3.63) is 102 Å².